The Labute approximate surface area is 198 Å². The zero-order valence-electron chi connectivity index (χ0n) is 19.4. The van der Waals surface area contributed by atoms with E-state index < -0.39 is 23.5 Å². The van der Waals surface area contributed by atoms with E-state index in [1.807, 2.05) is 36.4 Å². The lowest BCUT2D eigenvalue weighted by Crippen LogP contribution is -2.57. The summed E-state index contributed by atoms with van der Waals surface area (Å²) in [7, 11) is 0. The van der Waals surface area contributed by atoms with Gasteiger partial charge in [0.1, 0.15) is 12.1 Å². The monoisotopic (exact) mass is 466 g/mol. The minimum Gasteiger partial charge on any atom is -0.481 e. The van der Waals surface area contributed by atoms with Gasteiger partial charge >= 0.3 is 12.1 Å². The molecule has 2 aromatic carbocycles. The number of carboxylic acids is 1. The van der Waals surface area contributed by atoms with E-state index in [9.17, 15) is 14.4 Å². The van der Waals surface area contributed by atoms with Crippen molar-refractivity contribution in [3.05, 3.63) is 59.7 Å². The van der Waals surface area contributed by atoms with Crippen molar-refractivity contribution in [1.29, 1.82) is 0 Å². The quantitative estimate of drug-likeness (QED) is 0.550. The molecule has 2 amide bonds. The van der Waals surface area contributed by atoms with Crippen molar-refractivity contribution in [3.63, 3.8) is 0 Å². The van der Waals surface area contributed by atoms with Gasteiger partial charge in [-0.2, -0.15) is 0 Å². The Morgan fingerprint density at radius 1 is 1.09 bits per heavy atom. The van der Waals surface area contributed by atoms with Gasteiger partial charge in [0.05, 0.1) is 18.6 Å². The van der Waals surface area contributed by atoms with E-state index in [1.165, 1.54) is 0 Å². The molecule has 8 nitrogen and oxygen atoms in total. The number of amides is 2. The van der Waals surface area contributed by atoms with Gasteiger partial charge in [-0.15, -0.1) is 0 Å². The molecule has 1 saturated heterocycles. The summed E-state index contributed by atoms with van der Waals surface area (Å²) in [4.78, 5) is 36.6. The van der Waals surface area contributed by atoms with Gasteiger partial charge in [0, 0.05) is 12.5 Å². The first-order valence-corrected chi connectivity index (χ1v) is 11.6. The number of carboxylic acid groups (broad SMARTS) is 1. The number of ether oxygens (including phenoxy) is 2. The number of nitrogens with one attached hydrogen (secondary N) is 2. The van der Waals surface area contributed by atoms with Crippen molar-refractivity contribution in [2.24, 2.45) is 5.92 Å². The Morgan fingerprint density at radius 3 is 2.26 bits per heavy atom. The second-order valence-corrected chi connectivity index (χ2v) is 9.07. The van der Waals surface area contributed by atoms with Crippen LogP contribution in [0.4, 0.5) is 4.79 Å². The molecular formula is C26H30N2O6. The third-order valence-corrected chi connectivity index (χ3v) is 6.85. The number of aliphatic carboxylic acids is 1. The van der Waals surface area contributed by atoms with Gasteiger partial charge in [-0.05, 0) is 42.0 Å². The highest BCUT2D eigenvalue weighted by atomic mass is 16.5. The Kier molecular flexibility index (Phi) is 6.88. The number of alkyl carbamates (subject to hydrolysis) is 1. The summed E-state index contributed by atoms with van der Waals surface area (Å²) in [6.07, 6.45) is -0.324. The lowest BCUT2D eigenvalue weighted by molar-refractivity contribution is -0.141. The van der Waals surface area contributed by atoms with Crippen LogP contribution in [0.1, 0.15) is 43.7 Å². The maximum atomic E-state index is 12.8. The molecular weight excluding hydrogens is 436 g/mol. The van der Waals surface area contributed by atoms with Crippen LogP contribution >= 0.6 is 0 Å². The Bertz CT molecular complexity index is 1040. The first-order valence-electron chi connectivity index (χ1n) is 11.6. The number of fused-ring (bicyclic) bond motifs is 3. The second kappa shape index (κ2) is 9.85. The van der Waals surface area contributed by atoms with Gasteiger partial charge in [0.2, 0.25) is 5.91 Å². The van der Waals surface area contributed by atoms with E-state index in [0.29, 0.717) is 12.8 Å². The molecule has 0 aromatic heterocycles. The smallest absolute Gasteiger partial charge is 0.408 e. The van der Waals surface area contributed by atoms with Gasteiger partial charge in [-0.3, -0.25) is 9.59 Å². The molecule has 34 heavy (non-hydrogen) atoms. The summed E-state index contributed by atoms with van der Waals surface area (Å²) in [6.45, 7) is 3.92. The van der Waals surface area contributed by atoms with Gasteiger partial charge in [0.25, 0.3) is 0 Å². The zero-order chi connectivity index (χ0) is 24.3. The summed E-state index contributed by atoms with van der Waals surface area (Å²) in [6, 6.07) is 16.2. The highest BCUT2D eigenvalue weighted by Gasteiger charge is 2.36. The van der Waals surface area contributed by atoms with Crippen LogP contribution in [0.2, 0.25) is 0 Å². The fourth-order valence-electron chi connectivity index (χ4n) is 4.59. The Balaban J connectivity index is 1.33. The van der Waals surface area contributed by atoms with E-state index >= 15 is 0 Å². The van der Waals surface area contributed by atoms with Crippen molar-refractivity contribution < 1.29 is 29.0 Å². The lowest BCUT2D eigenvalue weighted by Gasteiger charge is -2.28. The fourth-order valence-corrected chi connectivity index (χ4v) is 4.59. The van der Waals surface area contributed by atoms with Crippen LogP contribution in [0.15, 0.2) is 48.5 Å². The normalized spacial score (nSPS) is 20.6. The standard InChI is InChI=1S/C26H30N2O6/c1-3-26(2,24(31)27-13-17-12-16(14-33-17)23(29)30)28-25(32)34-15-22-20-10-6-4-8-18(20)19-9-5-7-11-21(19)22/h4-11,16-17,22H,3,12-15H2,1-2H3,(H,27,31)(H,28,32)(H,29,30)/t16-,17-,26?/m1/s1. The fraction of sp³-hybridized carbons (Fsp3) is 0.423. The van der Waals surface area contributed by atoms with Crippen LogP contribution in [-0.2, 0) is 19.1 Å². The SMILES string of the molecule is CCC(C)(NC(=O)OCC1c2ccccc2-c2ccccc21)C(=O)NC[C@H]1C[C@@H](C(=O)O)CO1. The molecule has 2 aliphatic rings. The number of carbonyl (C=O) groups is 3. The molecule has 0 radical (unpaired) electrons. The molecule has 180 valence electrons. The number of rotatable bonds is 8. The molecule has 3 N–H and O–H groups in total. The summed E-state index contributed by atoms with van der Waals surface area (Å²) in [5, 5.41) is 14.6. The maximum absolute atomic E-state index is 12.8. The van der Waals surface area contributed by atoms with Crippen molar-refractivity contribution in [3.8, 4) is 11.1 Å². The van der Waals surface area contributed by atoms with E-state index in [1.54, 1.807) is 13.8 Å². The van der Waals surface area contributed by atoms with E-state index in [-0.39, 0.29) is 37.7 Å². The van der Waals surface area contributed by atoms with E-state index in [2.05, 4.69) is 22.8 Å². The van der Waals surface area contributed by atoms with Crippen molar-refractivity contribution in [2.75, 3.05) is 19.8 Å². The largest absolute Gasteiger partial charge is 0.481 e. The van der Waals surface area contributed by atoms with E-state index in [4.69, 9.17) is 14.6 Å². The van der Waals surface area contributed by atoms with Crippen LogP contribution in [0, 0.1) is 5.92 Å². The average molecular weight is 467 g/mol. The topological polar surface area (TPSA) is 114 Å². The van der Waals surface area contributed by atoms with Gasteiger partial charge in [-0.1, -0.05) is 55.5 Å². The third kappa shape index (κ3) is 4.77. The highest BCUT2D eigenvalue weighted by Crippen LogP contribution is 2.44. The van der Waals surface area contributed by atoms with Gasteiger partial charge in [-0.25, -0.2) is 4.79 Å². The molecule has 0 saturated carbocycles. The molecule has 1 heterocycles. The first kappa shape index (κ1) is 23.8. The molecule has 1 aliphatic carbocycles. The third-order valence-electron chi connectivity index (χ3n) is 6.85. The molecule has 1 fully saturated rings. The number of hydrogen-bond donors (Lipinski definition) is 3. The molecule has 1 unspecified atom stereocenters. The summed E-state index contributed by atoms with van der Waals surface area (Å²) < 4.78 is 11.0. The Morgan fingerprint density at radius 2 is 1.71 bits per heavy atom. The molecule has 3 atom stereocenters. The summed E-state index contributed by atoms with van der Waals surface area (Å²) in [5.41, 5.74) is 3.34. The maximum Gasteiger partial charge on any atom is 0.408 e. The van der Waals surface area contributed by atoms with Crippen molar-refractivity contribution in [1.82, 2.24) is 10.6 Å². The number of carbonyl (C=O) groups excluding carboxylic acids is 2. The van der Waals surface area contributed by atoms with Crippen LogP contribution in [0.3, 0.4) is 0 Å². The second-order valence-electron chi connectivity index (χ2n) is 9.07. The molecule has 4 rings (SSSR count). The minimum atomic E-state index is -1.17. The number of benzene rings is 2. The molecule has 2 aromatic rings. The van der Waals surface area contributed by atoms with Gasteiger partial charge < -0.3 is 25.2 Å². The minimum absolute atomic E-state index is 0.0680. The van der Waals surface area contributed by atoms with Crippen LogP contribution in [0.5, 0.6) is 0 Å². The molecule has 0 spiro atoms. The molecule has 0 bridgehead atoms. The number of hydrogen-bond acceptors (Lipinski definition) is 5. The predicted octanol–water partition coefficient (Wildman–Crippen LogP) is 3.30. The predicted molar refractivity (Wildman–Crippen MR) is 125 cm³/mol. The van der Waals surface area contributed by atoms with Crippen molar-refractivity contribution in [2.45, 2.75) is 44.2 Å². The first-order chi connectivity index (χ1) is 16.3. The van der Waals surface area contributed by atoms with Crippen LogP contribution in [-0.4, -0.2) is 54.5 Å². The van der Waals surface area contributed by atoms with E-state index in [0.717, 1.165) is 22.3 Å². The van der Waals surface area contributed by atoms with Crippen LogP contribution in [0.25, 0.3) is 11.1 Å². The summed E-state index contributed by atoms with van der Waals surface area (Å²) in [5.74, 6) is -1.89. The average Bonchev–Trinajstić information content (AvgIpc) is 3.44. The van der Waals surface area contributed by atoms with Crippen molar-refractivity contribution >= 4 is 18.0 Å². The lowest BCUT2D eigenvalue weighted by atomic mass is 9.97. The molecule has 8 heteroatoms. The molecule has 1 aliphatic heterocycles. The zero-order valence-corrected chi connectivity index (χ0v) is 19.4. The highest BCUT2D eigenvalue weighted by molar-refractivity contribution is 5.89. The van der Waals surface area contributed by atoms with Crippen LogP contribution < -0.4 is 10.6 Å². The van der Waals surface area contributed by atoms with Gasteiger partial charge in [0.15, 0.2) is 0 Å². The Hall–Kier alpha value is -3.39. The summed E-state index contributed by atoms with van der Waals surface area (Å²) >= 11 is 0.